The van der Waals surface area contributed by atoms with E-state index in [0.29, 0.717) is 31.3 Å². The molecule has 0 saturated carbocycles. The summed E-state index contributed by atoms with van der Waals surface area (Å²) >= 11 is 0. The highest BCUT2D eigenvalue weighted by Crippen LogP contribution is 2.21. The summed E-state index contributed by atoms with van der Waals surface area (Å²) in [6, 6.07) is 0. The quantitative estimate of drug-likeness (QED) is 0.0369. The number of cyclic esters (lactones) is 1. The predicted octanol–water partition coefficient (Wildman–Crippen LogP) is 8.63. The highest BCUT2D eigenvalue weighted by Gasteiger charge is 2.24. The van der Waals surface area contributed by atoms with E-state index in [4.69, 9.17) is 4.74 Å². The molecule has 1 heterocycles. The number of hydrogen-bond donors (Lipinski definition) is 4. The van der Waals surface area contributed by atoms with Gasteiger partial charge in [-0.15, -0.1) is 0 Å². The fraction of sp³-hybridized carbons (Fsp3) is 0.865. The molecule has 0 aliphatic carbocycles. The lowest BCUT2D eigenvalue weighted by molar-refractivity contribution is -0.139. The third-order valence-corrected chi connectivity index (χ3v) is 8.77. The zero-order valence-corrected chi connectivity index (χ0v) is 27.9. The smallest absolute Gasteiger partial charge is 0.334 e. The van der Waals surface area contributed by atoms with Crippen LogP contribution < -0.4 is 0 Å². The molecule has 0 radical (unpaired) electrons. The van der Waals surface area contributed by atoms with Gasteiger partial charge >= 0.3 is 5.97 Å². The third-order valence-electron chi connectivity index (χ3n) is 8.77. The Labute approximate surface area is 264 Å². The molecule has 0 bridgehead atoms. The molecule has 3 unspecified atom stereocenters. The van der Waals surface area contributed by atoms with E-state index >= 15 is 0 Å². The third kappa shape index (κ3) is 22.9. The van der Waals surface area contributed by atoms with Crippen LogP contribution in [-0.2, 0) is 9.53 Å². The van der Waals surface area contributed by atoms with Crippen molar-refractivity contribution < 1.29 is 30.0 Å². The van der Waals surface area contributed by atoms with Crippen molar-refractivity contribution >= 4 is 5.97 Å². The molecular formula is C37H68O6. The van der Waals surface area contributed by atoms with Crippen LogP contribution in [0.2, 0.25) is 0 Å². The number of carbonyl (C=O) groups is 1. The molecule has 0 spiro atoms. The predicted molar refractivity (Wildman–Crippen MR) is 178 cm³/mol. The van der Waals surface area contributed by atoms with Crippen molar-refractivity contribution in [2.75, 3.05) is 0 Å². The Kier molecular flexibility index (Phi) is 25.1. The summed E-state index contributed by atoms with van der Waals surface area (Å²) in [4.78, 5) is 11.6. The summed E-state index contributed by atoms with van der Waals surface area (Å²) in [6.45, 7) is 4.08. The molecule has 0 fully saturated rings. The van der Waals surface area contributed by atoms with Crippen molar-refractivity contribution in [2.45, 2.75) is 205 Å². The molecule has 0 aromatic heterocycles. The standard InChI is InChI=1S/C37H68O6/c1-3-4-5-6-7-8-9-10-11-12-13-16-22-27-35(40)36(41)28-23-17-14-15-19-24-33(38)25-20-18-21-26-34(39)30-32-29-31(2)43-37(32)42/h14,17,29,31,33-36,38-41H,3-13,15-16,18-28,30H2,1-2H3/b17-14-/t31?,33?,34?,35-,36-/m0/s1. The van der Waals surface area contributed by atoms with E-state index < -0.39 is 18.3 Å². The zero-order valence-electron chi connectivity index (χ0n) is 27.9. The number of aliphatic hydroxyl groups is 4. The lowest BCUT2D eigenvalue weighted by Crippen LogP contribution is -2.25. The number of carbonyl (C=O) groups excluding carboxylic acids is 1. The Morgan fingerprint density at radius 3 is 1.67 bits per heavy atom. The maximum absolute atomic E-state index is 11.6. The SMILES string of the molecule is CCCCCCCCCCCCCCC[C@H](O)[C@@H](O)CC/C=C\CCCC(O)CCCCCC(O)CC1=CC(C)OC1=O. The molecule has 6 nitrogen and oxygen atoms in total. The number of ether oxygens (including phenoxy) is 1. The number of unbranched alkanes of at least 4 members (excludes halogenated alkanes) is 15. The summed E-state index contributed by atoms with van der Waals surface area (Å²) in [5, 5.41) is 40.9. The van der Waals surface area contributed by atoms with Gasteiger partial charge in [-0.05, 0) is 64.4 Å². The van der Waals surface area contributed by atoms with E-state index in [-0.39, 0.29) is 18.2 Å². The van der Waals surface area contributed by atoms with Crippen LogP contribution in [0.25, 0.3) is 0 Å². The maximum atomic E-state index is 11.6. The normalized spacial score (nSPS) is 18.1. The molecule has 5 atom stereocenters. The van der Waals surface area contributed by atoms with Crippen LogP contribution in [0.4, 0.5) is 0 Å². The highest BCUT2D eigenvalue weighted by atomic mass is 16.5. The lowest BCUT2D eigenvalue weighted by Gasteiger charge is -2.17. The summed E-state index contributed by atoms with van der Waals surface area (Å²) in [5.74, 6) is -0.309. The number of allylic oxidation sites excluding steroid dienone is 2. The summed E-state index contributed by atoms with van der Waals surface area (Å²) in [7, 11) is 0. The molecule has 6 heteroatoms. The van der Waals surface area contributed by atoms with E-state index in [9.17, 15) is 25.2 Å². The fourth-order valence-corrected chi connectivity index (χ4v) is 5.95. The molecule has 1 rings (SSSR count). The molecule has 0 saturated heterocycles. The molecular weight excluding hydrogens is 540 g/mol. The van der Waals surface area contributed by atoms with Crippen LogP contribution in [0.1, 0.15) is 174 Å². The van der Waals surface area contributed by atoms with Crippen LogP contribution >= 0.6 is 0 Å². The summed E-state index contributed by atoms with van der Waals surface area (Å²) < 4.78 is 5.07. The first-order chi connectivity index (χ1) is 20.8. The zero-order chi connectivity index (χ0) is 31.5. The second-order valence-electron chi connectivity index (χ2n) is 13.1. The number of aliphatic hydroxyl groups excluding tert-OH is 4. The fourth-order valence-electron chi connectivity index (χ4n) is 5.95. The summed E-state index contributed by atoms with van der Waals surface area (Å²) in [6.07, 6.45) is 30.0. The first-order valence-corrected chi connectivity index (χ1v) is 18.1. The number of esters is 1. The monoisotopic (exact) mass is 609 g/mol. The topological polar surface area (TPSA) is 107 Å². The molecule has 0 amide bonds. The second kappa shape index (κ2) is 27.1. The molecule has 1 aliphatic rings. The summed E-state index contributed by atoms with van der Waals surface area (Å²) in [5.41, 5.74) is 0.582. The molecule has 252 valence electrons. The van der Waals surface area contributed by atoms with Gasteiger partial charge in [0, 0.05) is 12.0 Å². The molecule has 43 heavy (non-hydrogen) atoms. The van der Waals surface area contributed by atoms with Crippen LogP contribution in [-0.4, -0.2) is 56.9 Å². The number of hydrogen-bond acceptors (Lipinski definition) is 6. The van der Waals surface area contributed by atoms with Gasteiger partial charge in [0.25, 0.3) is 0 Å². The molecule has 0 aromatic carbocycles. The minimum Gasteiger partial charge on any atom is -0.455 e. The first kappa shape index (κ1) is 39.8. The van der Waals surface area contributed by atoms with Gasteiger partial charge in [-0.1, -0.05) is 122 Å². The van der Waals surface area contributed by atoms with Crippen LogP contribution in [0.15, 0.2) is 23.8 Å². The van der Waals surface area contributed by atoms with Crippen molar-refractivity contribution in [3.63, 3.8) is 0 Å². The van der Waals surface area contributed by atoms with E-state index in [1.165, 1.54) is 70.6 Å². The van der Waals surface area contributed by atoms with Gasteiger partial charge in [-0.2, -0.15) is 0 Å². The Bertz CT molecular complexity index is 720. The van der Waals surface area contributed by atoms with Crippen molar-refractivity contribution in [1.82, 2.24) is 0 Å². The minimum atomic E-state index is -0.648. The number of rotatable bonds is 30. The van der Waals surface area contributed by atoms with Gasteiger partial charge in [0.15, 0.2) is 0 Å². The first-order valence-electron chi connectivity index (χ1n) is 18.1. The van der Waals surface area contributed by atoms with Gasteiger partial charge in [0.2, 0.25) is 0 Å². The van der Waals surface area contributed by atoms with Crippen molar-refractivity contribution in [3.05, 3.63) is 23.8 Å². The van der Waals surface area contributed by atoms with Crippen LogP contribution in [0.3, 0.4) is 0 Å². The maximum Gasteiger partial charge on any atom is 0.334 e. The van der Waals surface area contributed by atoms with E-state index in [0.717, 1.165) is 64.2 Å². The van der Waals surface area contributed by atoms with Crippen molar-refractivity contribution in [1.29, 1.82) is 0 Å². The Balaban J connectivity index is 1.89. The molecule has 4 N–H and O–H groups in total. The minimum absolute atomic E-state index is 0.192. The van der Waals surface area contributed by atoms with Gasteiger partial charge < -0.3 is 25.2 Å². The van der Waals surface area contributed by atoms with Crippen LogP contribution in [0.5, 0.6) is 0 Å². The van der Waals surface area contributed by atoms with Gasteiger partial charge in [0.1, 0.15) is 6.10 Å². The average Bonchev–Trinajstić information content (AvgIpc) is 3.29. The molecule has 1 aliphatic heterocycles. The van der Waals surface area contributed by atoms with E-state index in [1.54, 1.807) is 6.08 Å². The van der Waals surface area contributed by atoms with Crippen molar-refractivity contribution in [3.8, 4) is 0 Å². The van der Waals surface area contributed by atoms with Crippen LogP contribution in [0, 0.1) is 0 Å². The Morgan fingerprint density at radius 2 is 1.09 bits per heavy atom. The second-order valence-corrected chi connectivity index (χ2v) is 13.1. The Morgan fingerprint density at radius 1 is 0.628 bits per heavy atom. The lowest BCUT2D eigenvalue weighted by atomic mass is 10.00. The van der Waals surface area contributed by atoms with Gasteiger partial charge in [0.05, 0.1) is 24.4 Å². The van der Waals surface area contributed by atoms with Gasteiger partial charge in [-0.25, -0.2) is 4.79 Å². The Hall–Kier alpha value is -1.21. The largest absolute Gasteiger partial charge is 0.455 e. The van der Waals surface area contributed by atoms with E-state index in [1.807, 2.05) is 6.92 Å². The van der Waals surface area contributed by atoms with E-state index in [2.05, 4.69) is 19.1 Å². The average molecular weight is 609 g/mol. The molecule has 0 aromatic rings. The van der Waals surface area contributed by atoms with Gasteiger partial charge in [-0.3, -0.25) is 0 Å². The van der Waals surface area contributed by atoms with Crippen molar-refractivity contribution in [2.24, 2.45) is 0 Å². The highest BCUT2D eigenvalue weighted by molar-refractivity contribution is 5.90.